The van der Waals surface area contributed by atoms with Crippen LogP contribution in [0.3, 0.4) is 0 Å². The zero-order chi connectivity index (χ0) is 13.3. The fourth-order valence-electron chi connectivity index (χ4n) is 2.40. The molecule has 1 aromatic heterocycles. The van der Waals surface area contributed by atoms with Gasteiger partial charge in [-0.05, 0) is 48.9 Å². The number of benzene rings is 1. The SMILES string of the molecule is COc1cc(C)cc(C)c1-c1c(CN)csc1C. The van der Waals surface area contributed by atoms with Gasteiger partial charge in [-0.25, -0.2) is 0 Å². The summed E-state index contributed by atoms with van der Waals surface area (Å²) >= 11 is 1.75. The molecule has 1 aromatic carbocycles. The standard InChI is InChI=1S/C15H19NOS/c1-9-5-10(2)14(13(6-9)17-4)15-11(3)18-8-12(15)7-16/h5-6,8H,7,16H2,1-4H3. The number of hydrogen-bond donors (Lipinski definition) is 1. The summed E-state index contributed by atoms with van der Waals surface area (Å²) in [6.07, 6.45) is 0. The van der Waals surface area contributed by atoms with Gasteiger partial charge in [-0.15, -0.1) is 11.3 Å². The van der Waals surface area contributed by atoms with Crippen LogP contribution >= 0.6 is 11.3 Å². The Morgan fingerprint density at radius 1 is 1.17 bits per heavy atom. The van der Waals surface area contributed by atoms with Crippen LogP contribution in [-0.2, 0) is 6.54 Å². The minimum absolute atomic E-state index is 0.566. The third-order valence-corrected chi connectivity index (χ3v) is 4.14. The van der Waals surface area contributed by atoms with Gasteiger partial charge in [-0.2, -0.15) is 0 Å². The van der Waals surface area contributed by atoms with Gasteiger partial charge < -0.3 is 10.5 Å². The van der Waals surface area contributed by atoms with E-state index in [1.54, 1.807) is 18.4 Å². The van der Waals surface area contributed by atoms with Gasteiger partial charge in [0.15, 0.2) is 0 Å². The fourth-order valence-corrected chi connectivity index (χ4v) is 3.28. The largest absolute Gasteiger partial charge is 0.496 e. The molecular weight excluding hydrogens is 242 g/mol. The molecule has 2 aromatic rings. The van der Waals surface area contributed by atoms with Crippen molar-refractivity contribution in [3.8, 4) is 16.9 Å². The molecular formula is C15H19NOS. The topological polar surface area (TPSA) is 35.2 Å². The second-order valence-corrected chi connectivity index (χ2v) is 5.64. The van der Waals surface area contributed by atoms with Crippen molar-refractivity contribution in [3.05, 3.63) is 39.1 Å². The molecule has 3 heteroatoms. The first kappa shape index (κ1) is 13.1. The van der Waals surface area contributed by atoms with E-state index in [0.29, 0.717) is 6.54 Å². The first-order valence-electron chi connectivity index (χ1n) is 6.01. The second kappa shape index (κ2) is 5.12. The summed E-state index contributed by atoms with van der Waals surface area (Å²) in [4.78, 5) is 1.29. The summed E-state index contributed by atoms with van der Waals surface area (Å²) in [5.41, 5.74) is 11.9. The van der Waals surface area contributed by atoms with Gasteiger partial charge in [-0.3, -0.25) is 0 Å². The molecule has 96 valence electrons. The summed E-state index contributed by atoms with van der Waals surface area (Å²) in [6.45, 7) is 6.92. The van der Waals surface area contributed by atoms with Crippen molar-refractivity contribution in [1.82, 2.24) is 0 Å². The van der Waals surface area contributed by atoms with E-state index in [9.17, 15) is 0 Å². The Hall–Kier alpha value is -1.32. The molecule has 0 fully saturated rings. The fraction of sp³-hybridized carbons (Fsp3) is 0.333. The smallest absolute Gasteiger partial charge is 0.127 e. The molecule has 0 unspecified atom stereocenters. The Morgan fingerprint density at radius 3 is 2.50 bits per heavy atom. The van der Waals surface area contributed by atoms with Crippen LogP contribution in [0.4, 0.5) is 0 Å². The molecule has 18 heavy (non-hydrogen) atoms. The number of aryl methyl sites for hydroxylation is 3. The molecule has 2 rings (SSSR count). The van der Waals surface area contributed by atoms with Crippen molar-refractivity contribution in [3.63, 3.8) is 0 Å². The minimum atomic E-state index is 0.566. The van der Waals surface area contributed by atoms with Gasteiger partial charge in [-0.1, -0.05) is 6.07 Å². The lowest BCUT2D eigenvalue weighted by Gasteiger charge is -2.14. The van der Waals surface area contributed by atoms with Gasteiger partial charge in [0.25, 0.3) is 0 Å². The number of ether oxygens (including phenoxy) is 1. The Bertz CT molecular complexity index is 572. The van der Waals surface area contributed by atoms with Gasteiger partial charge in [0, 0.05) is 22.5 Å². The van der Waals surface area contributed by atoms with E-state index in [1.807, 2.05) is 0 Å². The molecule has 2 nitrogen and oxygen atoms in total. The average molecular weight is 261 g/mol. The molecule has 0 amide bonds. The van der Waals surface area contributed by atoms with Gasteiger partial charge >= 0.3 is 0 Å². The maximum Gasteiger partial charge on any atom is 0.127 e. The molecule has 0 bridgehead atoms. The maximum absolute atomic E-state index is 5.84. The summed E-state index contributed by atoms with van der Waals surface area (Å²) in [5, 5.41) is 2.14. The average Bonchev–Trinajstić information content (AvgIpc) is 2.69. The molecule has 0 saturated carbocycles. The predicted molar refractivity (Wildman–Crippen MR) is 78.4 cm³/mol. The van der Waals surface area contributed by atoms with Crippen molar-refractivity contribution in [1.29, 1.82) is 0 Å². The summed E-state index contributed by atoms with van der Waals surface area (Å²) in [5.74, 6) is 0.934. The lowest BCUT2D eigenvalue weighted by Crippen LogP contribution is -1.99. The van der Waals surface area contributed by atoms with Crippen LogP contribution < -0.4 is 10.5 Å². The third kappa shape index (κ3) is 2.16. The Kier molecular flexibility index (Phi) is 3.73. The first-order valence-corrected chi connectivity index (χ1v) is 6.89. The van der Waals surface area contributed by atoms with Gasteiger partial charge in [0.05, 0.1) is 7.11 Å². The lowest BCUT2D eigenvalue weighted by molar-refractivity contribution is 0.416. The number of methoxy groups -OCH3 is 1. The molecule has 1 heterocycles. The van der Waals surface area contributed by atoms with E-state index in [-0.39, 0.29) is 0 Å². The molecule has 0 atom stereocenters. The zero-order valence-electron chi connectivity index (χ0n) is 11.3. The zero-order valence-corrected chi connectivity index (χ0v) is 12.1. The summed E-state index contributed by atoms with van der Waals surface area (Å²) in [7, 11) is 1.72. The normalized spacial score (nSPS) is 10.7. The number of hydrogen-bond acceptors (Lipinski definition) is 3. The number of rotatable bonds is 3. The van der Waals surface area contributed by atoms with E-state index in [0.717, 1.165) is 5.75 Å². The minimum Gasteiger partial charge on any atom is -0.496 e. The van der Waals surface area contributed by atoms with E-state index in [2.05, 4.69) is 38.3 Å². The molecule has 0 spiro atoms. The number of thiophene rings is 1. The first-order chi connectivity index (χ1) is 8.58. The van der Waals surface area contributed by atoms with E-state index in [1.165, 1.54) is 32.7 Å². The highest BCUT2D eigenvalue weighted by Crippen LogP contribution is 2.40. The number of nitrogens with two attached hydrogens (primary N) is 1. The lowest BCUT2D eigenvalue weighted by atomic mass is 9.95. The highest BCUT2D eigenvalue weighted by Gasteiger charge is 2.16. The molecule has 2 N–H and O–H groups in total. The van der Waals surface area contributed by atoms with Crippen molar-refractivity contribution >= 4 is 11.3 Å². The van der Waals surface area contributed by atoms with Crippen molar-refractivity contribution in [2.24, 2.45) is 5.73 Å². The van der Waals surface area contributed by atoms with E-state index < -0.39 is 0 Å². The quantitative estimate of drug-likeness (QED) is 0.912. The highest BCUT2D eigenvalue weighted by molar-refractivity contribution is 7.10. The molecule has 0 saturated heterocycles. The van der Waals surface area contributed by atoms with Crippen molar-refractivity contribution < 1.29 is 4.74 Å². The predicted octanol–water partition coefficient (Wildman–Crippen LogP) is 3.81. The Balaban J connectivity index is 2.73. The van der Waals surface area contributed by atoms with Gasteiger partial charge in [0.2, 0.25) is 0 Å². The third-order valence-electron chi connectivity index (χ3n) is 3.18. The van der Waals surface area contributed by atoms with Crippen LogP contribution in [0.5, 0.6) is 5.75 Å². The summed E-state index contributed by atoms with van der Waals surface area (Å²) < 4.78 is 5.55. The molecule has 0 aliphatic rings. The maximum atomic E-state index is 5.84. The Labute approximate surface area is 112 Å². The second-order valence-electron chi connectivity index (χ2n) is 4.56. The van der Waals surface area contributed by atoms with Crippen LogP contribution in [-0.4, -0.2) is 7.11 Å². The van der Waals surface area contributed by atoms with Crippen LogP contribution in [0.1, 0.15) is 21.6 Å². The van der Waals surface area contributed by atoms with Crippen LogP contribution in [0, 0.1) is 20.8 Å². The van der Waals surface area contributed by atoms with E-state index in [4.69, 9.17) is 10.5 Å². The van der Waals surface area contributed by atoms with E-state index >= 15 is 0 Å². The van der Waals surface area contributed by atoms with Crippen molar-refractivity contribution in [2.75, 3.05) is 7.11 Å². The highest BCUT2D eigenvalue weighted by atomic mass is 32.1. The Morgan fingerprint density at radius 2 is 1.89 bits per heavy atom. The van der Waals surface area contributed by atoms with Crippen LogP contribution in [0.15, 0.2) is 17.5 Å². The van der Waals surface area contributed by atoms with Gasteiger partial charge in [0.1, 0.15) is 5.75 Å². The van der Waals surface area contributed by atoms with Crippen LogP contribution in [0.2, 0.25) is 0 Å². The summed E-state index contributed by atoms with van der Waals surface area (Å²) in [6, 6.07) is 4.27. The molecule has 0 aliphatic heterocycles. The molecule has 0 radical (unpaired) electrons. The van der Waals surface area contributed by atoms with Crippen LogP contribution in [0.25, 0.3) is 11.1 Å². The monoisotopic (exact) mass is 261 g/mol. The van der Waals surface area contributed by atoms with Crippen molar-refractivity contribution in [2.45, 2.75) is 27.3 Å². The molecule has 0 aliphatic carbocycles.